The number of carbonyl (C=O) groups excluding carboxylic acids is 1. The molecule has 1 amide bonds. The first-order valence-corrected chi connectivity index (χ1v) is 9.73. The van der Waals surface area contributed by atoms with E-state index in [1.165, 1.54) is 10.7 Å². The highest BCUT2D eigenvalue weighted by atomic mass is 19.3. The lowest BCUT2D eigenvalue weighted by Gasteiger charge is -2.07. The van der Waals surface area contributed by atoms with Crippen molar-refractivity contribution in [2.45, 2.75) is 24.9 Å². The van der Waals surface area contributed by atoms with Crippen molar-refractivity contribution < 1.29 is 18.0 Å². The van der Waals surface area contributed by atoms with E-state index in [0.717, 1.165) is 16.5 Å². The number of halogens is 3. The zero-order valence-electron chi connectivity index (χ0n) is 16.2. The van der Waals surface area contributed by atoms with Gasteiger partial charge in [0.05, 0.1) is 30.4 Å². The van der Waals surface area contributed by atoms with E-state index in [1.807, 2.05) is 6.07 Å². The molecule has 11 heteroatoms. The number of alkyl halides is 3. The molecule has 0 aromatic carbocycles. The first-order chi connectivity index (χ1) is 14.9. The fourth-order valence-electron chi connectivity index (χ4n) is 3.37. The van der Waals surface area contributed by atoms with E-state index >= 15 is 0 Å². The second kappa shape index (κ2) is 7.25. The predicted octanol–water partition coefficient (Wildman–Crippen LogP) is 3.18. The smallest absolute Gasteiger partial charge is 0.255 e. The lowest BCUT2D eigenvalue weighted by atomic mass is 10.1. The Morgan fingerprint density at radius 2 is 2.16 bits per heavy atom. The zero-order valence-corrected chi connectivity index (χ0v) is 16.2. The number of H-pyrrole nitrogens is 1. The molecule has 0 aliphatic heterocycles. The molecule has 4 aromatic rings. The van der Waals surface area contributed by atoms with E-state index in [-0.39, 0.29) is 12.1 Å². The Morgan fingerprint density at radius 3 is 2.94 bits per heavy atom. The minimum atomic E-state index is -2.63. The van der Waals surface area contributed by atoms with Crippen LogP contribution in [0.3, 0.4) is 0 Å². The number of anilines is 1. The summed E-state index contributed by atoms with van der Waals surface area (Å²) in [7, 11) is 0. The van der Waals surface area contributed by atoms with E-state index in [0.29, 0.717) is 30.0 Å². The van der Waals surface area contributed by atoms with Crippen LogP contribution < -0.4 is 10.6 Å². The summed E-state index contributed by atoms with van der Waals surface area (Å²) >= 11 is 0. The van der Waals surface area contributed by atoms with Crippen LogP contribution in [0.1, 0.15) is 23.2 Å². The maximum atomic E-state index is 13.8. The number of amides is 1. The quantitative estimate of drug-likeness (QED) is 0.419. The van der Waals surface area contributed by atoms with Crippen LogP contribution in [0.15, 0.2) is 36.9 Å². The van der Waals surface area contributed by atoms with Crippen molar-refractivity contribution in [2.24, 2.45) is 0 Å². The van der Waals surface area contributed by atoms with E-state index in [4.69, 9.17) is 0 Å². The van der Waals surface area contributed by atoms with Gasteiger partial charge in [0, 0.05) is 29.5 Å². The number of nitrogens with one attached hydrogen (secondary N) is 3. The topological polar surface area (TPSA) is 100 Å². The molecule has 0 atom stereocenters. The summed E-state index contributed by atoms with van der Waals surface area (Å²) < 4.78 is 40.1. The molecule has 0 bridgehead atoms. The third-order valence-corrected chi connectivity index (χ3v) is 5.28. The van der Waals surface area contributed by atoms with Gasteiger partial charge in [-0.25, -0.2) is 22.7 Å². The van der Waals surface area contributed by atoms with Gasteiger partial charge in [0.1, 0.15) is 11.3 Å². The van der Waals surface area contributed by atoms with Gasteiger partial charge in [0.25, 0.3) is 12.3 Å². The van der Waals surface area contributed by atoms with Crippen molar-refractivity contribution in [3.63, 3.8) is 0 Å². The molecule has 0 saturated heterocycles. The van der Waals surface area contributed by atoms with Crippen LogP contribution in [0.4, 0.5) is 19.1 Å². The van der Waals surface area contributed by atoms with Gasteiger partial charge in [0.15, 0.2) is 0 Å². The van der Waals surface area contributed by atoms with Crippen LogP contribution in [0.5, 0.6) is 0 Å². The number of hydrogen-bond donors (Lipinski definition) is 3. The number of carbonyl (C=O) groups is 1. The van der Waals surface area contributed by atoms with Crippen LogP contribution in [0.2, 0.25) is 0 Å². The molecular weight excluding hydrogens is 411 g/mol. The van der Waals surface area contributed by atoms with Crippen molar-refractivity contribution in [3.8, 4) is 11.1 Å². The highest BCUT2D eigenvalue weighted by Gasteiger charge is 2.43. The van der Waals surface area contributed by atoms with E-state index in [1.54, 1.807) is 24.7 Å². The molecule has 5 rings (SSSR count). The van der Waals surface area contributed by atoms with Gasteiger partial charge in [-0.3, -0.25) is 4.79 Å². The number of aromatic amines is 1. The first kappa shape index (κ1) is 19.3. The Balaban J connectivity index is 1.44. The molecule has 0 spiro atoms. The number of aromatic nitrogens is 5. The van der Waals surface area contributed by atoms with Crippen LogP contribution >= 0.6 is 0 Å². The van der Waals surface area contributed by atoms with Gasteiger partial charge in [0.2, 0.25) is 5.95 Å². The number of hydrogen-bond acceptors (Lipinski definition) is 5. The summed E-state index contributed by atoms with van der Waals surface area (Å²) in [4.78, 5) is 24.0. The largest absolute Gasteiger partial charge is 0.351 e. The molecule has 4 aromatic heterocycles. The molecule has 160 valence electrons. The SMILES string of the molecule is O=C(NCC(F)F)c1cnn2ccc(-c3c[nH]c4nc(NCC5(F)CC5)ncc34)cc12. The molecular formula is C20H18F3N7O. The van der Waals surface area contributed by atoms with Crippen molar-refractivity contribution in [1.29, 1.82) is 0 Å². The second-order valence-corrected chi connectivity index (χ2v) is 7.57. The normalized spacial score (nSPS) is 15.0. The van der Waals surface area contributed by atoms with Crippen LogP contribution in [-0.4, -0.2) is 55.7 Å². The lowest BCUT2D eigenvalue weighted by Crippen LogP contribution is -2.28. The van der Waals surface area contributed by atoms with Crippen molar-refractivity contribution >= 4 is 28.4 Å². The lowest BCUT2D eigenvalue weighted by molar-refractivity contribution is 0.0893. The van der Waals surface area contributed by atoms with Gasteiger partial charge in [-0.1, -0.05) is 0 Å². The molecule has 1 fully saturated rings. The number of nitrogens with zero attached hydrogens (tertiary/aromatic N) is 4. The van der Waals surface area contributed by atoms with Crippen LogP contribution in [-0.2, 0) is 0 Å². The zero-order chi connectivity index (χ0) is 21.6. The molecule has 1 aliphatic carbocycles. The molecule has 8 nitrogen and oxygen atoms in total. The summed E-state index contributed by atoms with van der Waals surface area (Å²) in [5.41, 5.74) is 1.68. The predicted molar refractivity (Wildman–Crippen MR) is 108 cm³/mol. The van der Waals surface area contributed by atoms with E-state index in [9.17, 15) is 18.0 Å². The molecule has 0 radical (unpaired) electrons. The highest BCUT2D eigenvalue weighted by molar-refractivity contribution is 6.02. The van der Waals surface area contributed by atoms with Crippen LogP contribution in [0.25, 0.3) is 27.7 Å². The van der Waals surface area contributed by atoms with Crippen molar-refractivity contribution in [3.05, 3.63) is 42.5 Å². The number of pyridine rings is 1. The fourth-order valence-corrected chi connectivity index (χ4v) is 3.37. The summed E-state index contributed by atoms with van der Waals surface area (Å²) in [6, 6.07) is 3.56. The van der Waals surface area contributed by atoms with Gasteiger partial charge < -0.3 is 15.6 Å². The van der Waals surface area contributed by atoms with Crippen molar-refractivity contribution in [1.82, 2.24) is 29.9 Å². The summed E-state index contributed by atoms with van der Waals surface area (Å²) in [5, 5.41) is 9.97. The van der Waals surface area contributed by atoms with Gasteiger partial charge >= 0.3 is 0 Å². The number of rotatable bonds is 7. The first-order valence-electron chi connectivity index (χ1n) is 9.73. The highest BCUT2D eigenvalue weighted by Crippen LogP contribution is 2.39. The second-order valence-electron chi connectivity index (χ2n) is 7.57. The minimum Gasteiger partial charge on any atom is -0.351 e. The van der Waals surface area contributed by atoms with Gasteiger partial charge in [-0.2, -0.15) is 10.1 Å². The maximum absolute atomic E-state index is 13.8. The third kappa shape index (κ3) is 3.78. The van der Waals surface area contributed by atoms with Gasteiger partial charge in [-0.15, -0.1) is 0 Å². The standard InChI is InChI=1S/C20H18F3N7O/c21-16(22)9-25-18(31)14-8-28-30-4-1-11(5-15(14)30)12-6-24-17-13(12)7-26-19(29-17)27-10-20(23)2-3-20/h1,4-8,16H,2-3,9-10H2,(H,25,31)(H2,24,26,27,29). The average molecular weight is 429 g/mol. The molecule has 0 unspecified atom stereocenters. The molecule has 3 N–H and O–H groups in total. The minimum absolute atomic E-state index is 0.181. The van der Waals surface area contributed by atoms with Crippen LogP contribution in [0, 0.1) is 0 Å². The monoisotopic (exact) mass is 429 g/mol. The van der Waals surface area contributed by atoms with E-state index in [2.05, 4.69) is 30.7 Å². The average Bonchev–Trinajstić information content (AvgIpc) is 3.17. The summed E-state index contributed by atoms with van der Waals surface area (Å²) in [6.07, 6.45) is 4.90. The Hall–Kier alpha value is -3.63. The Bertz CT molecular complexity index is 1280. The number of fused-ring (bicyclic) bond motifs is 2. The molecule has 4 heterocycles. The Morgan fingerprint density at radius 1 is 1.32 bits per heavy atom. The van der Waals surface area contributed by atoms with E-state index < -0.39 is 24.5 Å². The fraction of sp³-hybridized carbons (Fsp3) is 0.300. The third-order valence-electron chi connectivity index (χ3n) is 5.28. The summed E-state index contributed by atoms with van der Waals surface area (Å²) in [6.45, 7) is -0.546. The molecule has 1 aliphatic rings. The van der Waals surface area contributed by atoms with Gasteiger partial charge in [-0.05, 0) is 30.5 Å². The maximum Gasteiger partial charge on any atom is 0.255 e. The van der Waals surface area contributed by atoms with Crippen molar-refractivity contribution in [2.75, 3.05) is 18.4 Å². The Kier molecular flexibility index (Phi) is 4.53. The molecule has 1 saturated carbocycles. The molecule has 31 heavy (non-hydrogen) atoms. The Labute approximate surface area is 173 Å². The summed E-state index contributed by atoms with van der Waals surface area (Å²) in [5.74, 6) is -0.277.